The maximum absolute atomic E-state index is 11.9. The molecule has 0 aliphatic carbocycles. The third kappa shape index (κ3) is 4.22. The Morgan fingerprint density at radius 3 is 2.44 bits per heavy atom. The first-order valence-electron chi connectivity index (χ1n) is 6.97. The Morgan fingerprint density at radius 2 is 1.88 bits per heavy atom. The molecule has 0 heterocycles. The molecule has 0 aliphatic rings. The summed E-state index contributed by atoms with van der Waals surface area (Å²) in [5.74, 6) is -0.873. The van der Waals surface area contributed by atoms with E-state index in [4.69, 9.17) is 9.47 Å². The zero-order chi connectivity index (χ0) is 18.4. The molecule has 9 nitrogen and oxygen atoms in total. The normalized spacial score (nSPS) is 10.5. The predicted octanol–water partition coefficient (Wildman–Crippen LogP) is 1.45. The van der Waals surface area contributed by atoms with Crippen LogP contribution in [-0.4, -0.2) is 31.3 Å². The Hall–Kier alpha value is -3.62. The molecule has 1 amide bonds. The minimum atomic E-state index is -0.827. The average Bonchev–Trinajstić information content (AvgIpc) is 2.62. The van der Waals surface area contributed by atoms with Crippen molar-refractivity contribution in [3.63, 3.8) is 0 Å². The van der Waals surface area contributed by atoms with Crippen LogP contribution in [0.1, 0.15) is 15.9 Å². The predicted molar refractivity (Wildman–Crippen MR) is 87.1 cm³/mol. The fourth-order valence-corrected chi connectivity index (χ4v) is 1.94. The van der Waals surface area contributed by atoms with E-state index < -0.39 is 22.3 Å². The summed E-state index contributed by atoms with van der Waals surface area (Å²) < 4.78 is 9.81. The van der Waals surface area contributed by atoms with Crippen LogP contribution in [0.5, 0.6) is 17.2 Å². The number of carbonyl (C=O) groups excluding carboxylic acids is 1. The summed E-state index contributed by atoms with van der Waals surface area (Å²) in [6, 6.07) is 8.71. The topological polar surface area (TPSA) is 126 Å². The molecule has 2 rings (SSSR count). The smallest absolute Gasteiger partial charge is 0.271 e. The highest BCUT2D eigenvalue weighted by Crippen LogP contribution is 2.33. The van der Waals surface area contributed by atoms with E-state index >= 15 is 0 Å². The molecular weight excluding hydrogens is 330 g/mol. The van der Waals surface area contributed by atoms with E-state index in [1.165, 1.54) is 26.5 Å². The number of nitro groups is 1. The Kier molecular flexibility index (Phi) is 5.51. The van der Waals surface area contributed by atoms with Crippen molar-refractivity contribution in [1.82, 2.24) is 5.43 Å². The van der Waals surface area contributed by atoms with Crippen molar-refractivity contribution < 1.29 is 24.3 Å². The number of carbonyl (C=O) groups is 1. The number of methoxy groups -OCH3 is 2. The van der Waals surface area contributed by atoms with Crippen LogP contribution in [0.25, 0.3) is 0 Å². The third-order valence-corrected chi connectivity index (χ3v) is 3.21. The van der Waals surface area contributed by atoms with Gasteiger partial charge in [0.1, 0.15) is 11.5 Å². The van der Waals surface area contributed by atoms with Crippen LogP contribution in [0.15, 0.2) is 41.5 Å². The van der Waals surface area contributed by atoms with Gasteiger partial charge in [0.15, 0.2) is 0 Å². The second-order valence-electron chi connectivity index (χ2n) is 4.76. The van der Waals surface area contributed by atoms with Crippen molar-refractivity contribution in [1.29, 1.82) is 0 Å². The van der Waals surface area contributed by atoms with Gasteiger partial charge < -0.3 is 14.6 Å². The largest absolute Gasteiger partial charge is 0.865 e. The fraction of sp³-hybridized carbons (Fsp3) is 0.125. The number of hydrazone groups is 1. The molecular formula is C16H14N3O6-. The maximum atomic E-state index is 11.9. The molecule has 0 saturated carbocycles. The van der Waals surface area contributed by atoms with E-state index in [0.717, 1.165) is 6.07 Å². The highest BCUT2D eigenvalue weighted by Gasteiger charge is 2.13. The van der Waals surface area contributed by atoms with Gasteiger partial charge in [-0.15, -0.1) is 0 Å². The first kappa shape index (κ1) is 17.7. The standard InChI is InChI=1S/C16H15N3O6/c1-24-12-5-3-11(4-6-12)16(21)18-17-9-10-7-13(19(22)23)15(20)14(8-10)25-2/h3-9,20H,1-2H3,(H,18,21)/p-1/b17-9-. The van der Waals surface area contributed by atoms with E-state index in [-0.39, 0.29) is 11.3 Å². The van der Waals surface area contributed by atoms with Crippen molar-refractivity contribution in [3.05, 3.63) is 57.6 Å². The summed E-state index contributed by atoms with van der Waals surface area (Å²) >= 11 is 0. The van der Waals surface area contributed by atoms with Gasteiger partial charge in [-0.25, -0.2) is 5.43 Å². The van der Waals surface area contributed by atoms with Gasteiger partial charge in [0.05, 0.1) is 25.4 Å². The molecule has 1 N–H and O–H groups in total. The number of hydrogen-bond donors (Lipinski definition) is 1. The van der Waals surface area contributed by atoms with Crippen LogP contribution in [0, 0.1) is 10.1 Å². The second kappa shape index (κ2) is 7.77. The molecule has 25 heavy (non-hydrogen) atoms. The zero-order valence-electron chi connectivity index (χ0n) is 13.4. The van der Waals surface area contributed by atoms with Gasteiger partial charge in [-0.1, -0.05) is 0 Å². The summed E-state index contributed by atoms with van der Waals surface area (Å²) in [5.41, 5.74) is 2.24. The first-order valence-corrected chi connectivity index (χ1v) is 6.97. The van der Waals surface area contributed by atoms with Crippen LogP contribution >= 0.6 is 0 Å². The first-order chi connectivity index (χ1) is 12.0. The van der Waals surface area contributed by atoms with Gasteiger partial charge in [0.25, 0.3) is 11.6 Å². The molecule has 0 spiro atoms. The molecule has 0 saturated heterocycles. The Bertz CT molecular complexity index is 817. The Labute approximate surface area is 142 Å². The highest BCUT2D eigenvalue weighted by atomic mass is 16.6. The van der Waals surface area contributed by atoms with Crippen molar-refractivity contribution in [2.24, 2.45) is 5.10 Å². The second-order valence-corrected chi connectivity index (χ2v) is 4.76. The number of nitro benzene ring substituents is 1. The van der Waals surface area contributed by atoms with Crippen LogP contribution in [0.2, 0.25) is 0 Å². The van der Waals surface area contributed by atoms with Gasteiger partial charge in [0, 0.05) is 22.9 Å². The van der Waals surface area contributed by atoms with Crippen molar-refractivity contribution in [3.8, 4) is 17.2 Å². The van der Waals surface area contributed by atoms with Gasteiger partial charge >= 0.3 is 0 Å². The molecule has 2 aromatic rings. The maximum Gasteiger partial charge on any atom is 0.271 e. The molecule has 0 aromatic heterocycles. The summed E-state index contributed by atoms with van der Waals surface area (Å²) in [5, 5.41) is 26.3. The number of hydrogen-bond acceptors (Lipinski definition) is 7. The van der Waals surface area contributed by atoms with Crippen LogP contribution < -0.4 is 20.0 Å². The molecule has 0 radical (unpaired) electrons. The highest BCUT2D eigenvalue weighted by molar-refractivity contribution is 5.95. The fourth-order valence-electron chi connectivity index (χ4n) is 1.94. The SMILES string of the molecule is COc1ccc(C(=O)N/N=C\c2cc(OC)c([O-])c([N+](=O)[O-])c2)cc1. The average molecular weight is 344 g/mol. The summed E-state index contributed by atoms with van der Waals surface area (Å²) in [6.07, 6.45) is 1.18. The lowest BCUT2D eigenvalue weighted by Crippen LogP contribution is -2.17. The van der Waals surface area contributed by atoms with Gasteiger partial charge in [-0.3, -0.25) is 14.9 Å². The lowest BCUT2D eigenvalue weighted by Gasteiger charge is -2.12. The molecule has 0 bridgehead atoms. The monoisotopic (exact) mass is 344 g/mol. The van der Waals surface area contributed by atoms with Crippen LogP contribution in [0.3, 0.4) is 0 Å². The van der Waals surface area contributed by atoms with Crippen molar-refractivity contribution in [2.75, 3.05) is 14.2 Å². The van der Waals surface area contributed by atoms with Crippen LogP contribution in [-0.2, 0) is 0 Å². The number of nitrogens with zero attached hydrogens (tertiary/aromatic N) is 2. The Balaban J connectivity index is 2.14. The summed E-state index contributed by atoms with van der Waals surface area (Å²) in [6.45, 7) is 0. The summed E-state index contributed by atoms with van der Waals surface area (Å²) in [4.78, 5) is 22.0. The lowest BCUT2D eigenvalue weighted by atomic mass is 10.2. The molecule has 0 aliphatic heterocycles. The van der Waals surface area contributed by atoms with E-state index in [0.29, 0.717) is 11.3 Å². The van der Waals surface area contributed by atoms with Crippen LogP contribution in [0.4, 0.5) is 5.69 Å². The van der Waals surface area contributed by atoms with E-state index in [1.807, 2.05) is 0 Å². The van der Waals surface area contributed by atoms with Gasteiger partial charge in [-0.05, 0) is 30.3 Å². The molecule has 9 heteroatoms. The Morgan fingerprint density at radius 1 is 1.20 bits per heavy atom. The lowest BCUT2D eigenvalue weighted by molar-refractivity contribution is -0.398. The van der Waals surface area contributed by atoms with E-state index in [9.17, 15) is 20.0 Å². The number of amides is 1. The number of ether oxygens (including phenoxy) is 2. The zero-order valence-corrected chi connectivity index (χ0v) is 13.4. The minimum absolute atomic E-state index is 0.183. The molecule has 0 unspecified atom stereocenters. The molecule has 2 aromatic carbocycles. The van der Waals surface area contributed by atoms with Gasteiger partial charge in [-0.2, -0.15) is 5.10 Å². The number of benzene rings is 2. The van der Waals surface area contributed by atoms with E-state index in [1.54, 1.807) is 24.3 Å². The molecule has 0 atom stereocenters. The third-order valence-electron chi connectivity index (χ3n) is 3.21. The van der Waals surface area contributed by atoms with E-state index in [2.05, 4.69) is 10.5 Å². The molecule has 0 fully saturated rings. The van der Waals surface area contributed by atoms with Crippen molar-refractivity contribution in [2.45, 2.75) is 0 Å². The summed E-state index contributed by atoms with van der Waals surface area (Å²) in [7, 11) is 2.74. The van der Waals surface area contributed by atoms with Crippen molar-refractivity contribution >= 4 is 17.8 Å². The number of nitrogens with one attached hydrogen (secondary N) is 1. The quantitative estimate of drug-likeness (QED) is 0.480. The molecule has 130 valence electrons. The minimum Gasteiger partial charge on any atom is -0.865 e. The van der Waals surface area contributed by atoms with Gasteiger partial charge in [0.2, 0.25) is 0 Å². The number of rotatable bonds is 6.